The lowest BCUT2D eigenvalue weighted by molar-refractivity contribution is -0.102. The van der Waals surface area contributed by atoms with Crippen LogP contribution >= 0.6 is 0 Å². The Balaban J connectivity index is 2.50. The fourth-order valence-electron chi connectivity index (χ4n) is 2.09. The number of nitrogens with one attached hydrogen (secondary N) is 1. The first-order valence-electron chi connectivity index (χ1n) is 5.60. The van der Waals surface area contributed by atoms with Crippen LogP contribution in [0.2, 0.25) is 0 Å². The predicted octanol–water partition coefficient (Wildman–Crippen LogP) is 0.332. The molecular weight excluding hydrogens is 192 g/mol. The summed E-state index contributed by atoms with van der Waals surface area (Å²) in [4.78, 5) is 2.45. The quantitative estimate of drug-likeness (QED) is 0.718. The number of nitrogens with zero attached hydrogens (tertiary/aromatic N) is 1. The first-order valence-corrected chi connectivity index (χ1v) is 5.60. The summed E-state index contributed by atoms with van der Waals surface area (Å²) in [5.74, 6) is 0. The third-order valence-electron chi connectivity index (χ3n) is 2.77. The van der Waals surface area contributed by atoms with Crippen molar-refractivity contribution in [3.8, 4) is 0 Å². The van der Waals surface area contributed by atoms with Gasteiger partial charge in [0.2, 0.25) is 0 Å². The average molecular weight is 216 g/mol. The Bertz CT molecular complexity index is 179. The minimum atomic E-state index is -0.0298. The van der Waals surface area contributed by atoms with Gasteiger partial charge in [0.25, 0.3) is 0 Å². The van der Waals surface area contributed by atoms with E-state index in [-0.39, 0.29) is 5.60 Å². The summed E-state index contributed by atoms with van der Waals surface area (Å²) in [7, 11) is 3.74. The molecule has 0 saturated carbocycles. The van der Waals surface area contributed by atoms with Crippen LogP contribution in [0.3, 0.4) is 0 Å². The summed E-state index contributed by atoms with van der Waals surface area (Å²) in [6.07, 6.45) is 0. The number of hydrogen-bond acceptors (Lipinski definition) is 4. The van der Waals surface area contributed by atoms with Gasteiger partial charge in [-0.2, -0.15) is 0 Å². The maximum Gasteiger partial charge on any atom is 0.0753 e. The number of morpholine rings is 1. The molecule has 15 heavy (non-hydrogen) atoms. The predicted molar refractivity (Wildman–Crippen MR) is 61.2 cm³/mol. The maximum atomic E-state index is 5.70. The third-order valence-corrected chi connectivity index (χ3v) is 2.77. The van der Waals surface area contributed by atoms with E-state index >= 15 is 0 Å². The van der Waals surface area contributed by atoms with Crippen LogP contribution in [0.4, 0.5) is 0 Å². The molecule has 1 fully saturated rings. The smallest absolute Gasteiger partial charge is 0.0753 e. The van der Waals surface area contributed by atoms with E-state index in [0.29, 0.717) is 6.04 Å². The summed E-state index contributed by atoms with van der Waals surface area (Å²) in [6.45, 7) is 8.81. The molecule has 1 unspecified atom stereocenters. The lowest BCUT2D eigenvalue weighted by Crippen LogP contribution is -2.55. The zero-order chi connectivity index (χ0) is 11.3. The Morgan fingerprint density at radius 3 is 2.80 bits per heavy atom. The van der Waals surface area contributed by atoms with E-state index in [9.17, 15) is 0 Å². The zero-order valence-electron chi connectivity index (χ0n) is 10.4. The molecular formula is C11H24N2O2. The maximum absolute atomic E-state index is 5.70. The zero-order valence-corrected chi connectivity index (χ0v) is 10.4. The van der Waals surface area contributed by atoms with Crippen molar-refractivity contribution < 1.29 is 9.47 Å². The lowest BCUT2D eigenvalue weighted by atomic mass is 10.1. The van der Waals surface area contributed by atoms with Gasteiger partial charge in [0.15, 0.2) is 0 Å². The van der Waals surface area contributed by atoms with E-state index in [0.717, 1.165) is 32.8 Å². The SMILES string of the molecule is CNCC(COC)N1CCOC(C)(C)C1. The number of rotatable bonds is 5. The Kier molecular flexibility index (Phi) is 4.99. The molecule has 1 rings (SSSR count). The molecule has 1 aliphatic rings. The normalized spacial score (nSPS) is 24.0. The van der Waals surface area contributed by atoms with Crippen molar-refractivity contribution in [3.63, 3.8) is 0 Å². The Hall–Kier alpha value is -0.160. The van der Waals surface area contributed by atoms with Gasteiger partial charge in [0.05, 0.1) is 18.8 Å². The largest absolute Gasteiger partial charge is 0.383 e. The van der Waals surface area contributed by atoms with Gasteiger partial charge in [0.1, 0.15) is 0 Å². The Labute approximate surface area is 92.9 Å². The van der Waals surface area contributed by atoms with Crippen molar-refractivity contribution in [1.82, 2.24) is 10.2 Å². The summed E-state index contributed by atoms with van der Waals surface area (Å²) < 4.78 is 11.0. The Morgan fingerprint density at radius 1 is 1.53 bits per heavy atom. The molecule has 0 amide bonds. The monoisotopic (exact) mass is 216 g/mol. The van der Waals surface area contributed by atoms with Gasteiger partial charge in [-0.1, -0.05) is 0 Å². The number of likely N-dealkylation sites (N-methyl/N-ethyl adjacent to an activating group) is 1. The second-order valence-corrected chi connectivity index (χ2v) is 4.75. The molecule has 1 saturated heterocycles. The van der Waals surface area contributed by atoms with Crippen LogP contribution in [0.15, 0.2) is 0 Å². The summed E-state index contributed by atoms with van der Waals surface area (Å²) in [6, 6.07) is 0.447. The number of ether oxygens (including phenoxy) is 2. The molecule has 1 N–H and O–H groups in total. The highest BCUT2D eigenvalue weighted by Crippen LogP contribution is 2.18. The standard InChI is InChI=1S/C11H24N2O2/c1-11(2)9-13(5-6-15-11)10(7-12-3)8-14-4/h10,12H,5-9H2,1-4H3. The number of methoxy groups -OCH3 is 1. The highest BCUT2D eigenvalue weighted by Gasteiger charge is 2.30. The van der Waals surface area contributed by atoms with Crippen LogP contribution in [0.5, 0.6) is 0 Å². The van der Waals surface area contributed by atoms with Crippen LogP contribution in [0.25, 0.3) is 0 Å². The average Bonchev–Trinajstić information content (AvgIpc) is 2.16. The second kappa shape index (κ2) is 5.80. The molecule has 1 atom stereocenters. The van der Waals surface area contributed by atoms with E-state index < -0.39 is 0 Å². The number of hydrogen-bond donors (Lipinski definition) is 1. The van der Waals surface area contributed by atoms with Gasteiger partial charge < -0.3 is 14.8 Å². The van der Waals surface area contributed by atoms with E-state index in [1.54, 1.807) is 7.11 Å². The molecule has 1 heterocycles. The molecule has 0 aromatic heterocycles. The van der Waals surface area contributed by atoms with Gasteiger partial charge >= 0.3 is 0 Å². The highest BCUT2D eigenvalue weighted by molar-refractivity contribution is 4.84. The van der Waals surface area contributed by atoms with Crippen molar-refractivity contribution in [1.29, 1.82) is 0 Å². The molecule has 4 nitrogen and oxygen atoms in total. The van der Waals surface area contributed by atoms with Crippen LogP contribution in [-0.2, 0) is 9.47 Å². The molecule has 4 heteroatoms. The minimum absolute atomic E-state index is 0.0298. The molecule has 0 radical (unpaired) electrons. The highest BCUT2D eigenvalue weighted by atomic mass is 16.5. The fourth-order valence-corrected chi connectivity index (χ4v) is 2.09. The van der Waals surface area contributed by atoms with Gasteiger partial charge in [-0.3, -0.25) is 4.90 Å². The van der Waals surface area contributed by atoms with Gasteiger partial charge in [-0.05, 0) is 20.9 Å². The summed E-state index contributed by atoms with van der Waals surface area (Å²) in [5.41, 5.74) is -0.0298. The van der Waals surface area contributed by atoms with Crippen LogP contribution < -0.4 is 5.32 Å². The van der Waals surface area contributed by atoms with Gasteiger partial charge in [0, 0.05) is 32.8 Å². The van der Waals surface area contributed by atoms with Crippen LogP contribution in [-0.4, -0.2) is 63.5 Å². The van der Waals surface area contributed by atoms with E-state index in [4.69, 9.17) is 9.47 Å². The minimum Gasteiger partial charge on any atom is -0.383 e. The summed E-state index contributed by atoms with van der Waals surface area (Å²) >= 11 is 0. The molecule has 0 aromatic carbocycles. The van der Waals surface area contributed by atoms with Crippen LogP contribution in [0, 0.1) is 0 Å². The van der Waals surface area contributed by atoms with Gasteiger partial charge in [-0.25, -0.2) is 0 Å². The molecule has 0 spiro atoms. The van der Waals surface area contributed by atoms with Crippen LogP contribution in [0.1, 0.15) is 13.8 Å². The fraction of sp³-hybridized carbons (Fsp3) is 1.00. The van der Waals surface area contributed by atoms with Gasteiger partial charge in [-0.15, -0.1) is 0 Å². The van der Waals surface area contributed by atoms with Crippen molar-refractivity contribution in [2.45, 2.75) is 25.5 Å². The first-order chi connectivity index (χ1) is 7.09. The first kappa shape index (κ1) is 12.9. The van der Waals surface area contributed by atoms with Crippen molar-refractivity contribution in [2.75, 3.05) is 47.0 Å². The van der Waals surface area contributed by atoms with E-state index in [1.807, 2.05) is 7.05 Å². The van der Waals surface area contributed by atoms with E-state index in [1.165, 1.54) is 0 Å². The van der Waals surface area contributed by atoms with Crippen molar-refractivity contribution >= 4 is 0 Å². The molecule has 0 aromatic rings. The Morgan fingerprint density at radius 2 is 2.27 bits per heavy atom. The topological polar surface area (TPSA) is 33.7 Å². The summed E-state index contributed by atoms with van der Waals surface area (Å²) in [5, 5.41) is 3.21. The molecule has 0 aliphatic carbocycles. The lowest BCUT2D eigenvalue weighted by Gasteiger charge is -2.42. The molecule has 90 valence electrons. The van der Waals surface area contributed by atoms with Crippen molar-refractivity contribution in [2.24, 2.45) is 0 Å². The van der Waals surface area contributed by atoms with E-state index in [2.05, 4.69) is 24.1 Å². The van der Waals surface area contributed by atoms with Crippen molar-refractivity contribution in [3.05, 3.63) is 0 Å². The molecule has 1 aliphatic heterocycles. The third kappa shape index (κ3) is 4.07. The molecule has 0 bridgehead atoms. The second-order valence-electron chi connectivity index (χ2n) is 4.75.